The highest BCUT2D eigenvalue weighted by Gasteiger charge is 2.20. The Labute approximate surface area is 166 Å². The van der Waals surface area contributed by atoms with Crippen LogP contribution in [-0.4, -0.2) is 39.3 Å². The van der Waals surface area contributed by atoms with E-state index in [4.69, 9.17) is 15.7 Å². The van der Waals surface area contributed by atoms with Crippen molar-refractivity contribution in [2.45, 2.75) is 18.9 Å². The van der Waals surface area contributed by atoms with Crippen LogP contribution < -0.4 is 16.0 Å². The quantitative estimate of drug-likeness (QED) is 0.490. The second-order valence-corrected chi connectivity index (χ2v) is 7.91. The summed E-state index contributed by atoms with van der Waals surface area (Å²) < 4.78 is 1.03. The third-order valence-electron chi connectivity index (χ3n) is 5.02. The fourth-order valence-corrected chi connectivity index (χ4v) is 4.23. The maximum absolute atomic E-state index is 6.04. The summed E-state index contributed by atoms with van der Waals surface area (Å²) in [6.45, 7) is 1.77. The molecule has 1 aliphatic heterocycles. The minimum atomic E-state index is 0.277. The molecule has 1 saturated heterocycles. The van der Waals surface area contributed by atoms with Crippen LogP contribution in [-0.2, 0) is 0 Å². The van der Waals surface area contributed by atoms with Crippen molar-refractivity contribution in [3.63, 3.8) is 0 Å². The molecule has 5 rings (SSSR count). The minimum Gasteiger partial charge on any atom is -0.341 e. The lowest BCUT2D eigenvalue weighted by molar-refractivity contribution is 0.496. The van der Waals surface area contributed by atoms with Gasteiger partial charge < -0.3 is 16.0 Å². The molecule has 0 saturated carbocycles. The Morgan fingerprint density at radius 3 is 2.75 bits per heavy atom. The van der Waals surface area contributed by atoms with Gasteiger partial charge in [-0.15, -0.1) is 11.3 Å². The highest BCUT2D eigenvalue weighted by atomic mass is 32.1. The van der Waals surface area contributed by atoms with Crippen LogP contribution in [0.5, 0.6) is 0 Å². The number of nitrogens with one attached hydrogen (secondary N) is 2. The first kappa shape index (κ1) is 17.2. The Bertz CT molecular complexity index is 1080. The van der Waals surface area contributed by atoms with Crippen molar-refractivity contribution in [2.75, 3.05) is 23.3 Å². The number of fused-ring (bicyclic) bond motifs is 1. The topological polar surface area (TPSA) is 95.8 Å². The highest BCUT2D eigenvalue weighted by Crippen LogP contribution is 2.31. The van der Waals surface area contributed by atoms with Crippen LogP contribution in [0.4, 0.5) is 17.6 Å². The molecule has 28 heavy (non-hydrogen) atoms. The summed E-state index contributed by atoms with van der Waals surface area (Å²) in [5.41, 5.74) is 9.05. The Balaban J connectivity index is 1.45. The van der Waals surface area contributed by atoms with E-state index < -0.39 is 0 Å². The van der Waals surface area contributed by atoms with Crippen LogP contribution in [0.3, 0.4) is 0 Å². The van der Waals surface area contributed by atoms with Gasteiger partial charge in [0.1, 0.15) is 0 Å². The number of aromatic nitrogens is 4. The predicted molar refractivity (Wildman–Crippen MR) is 114 cm³/mol. The molecule has 4 aromatic rings. The third kappa shape index (κ3) is 3.32. The van der Waals surface area contributed by atoms with E-state index in [0.717, 1.165) is 65.0 Å². The summed E-state index contributed by atoms with van der Waals surface area (Å²) in [6.07, 6.45) is 1.93. The molecule has 4 heterocycles. The highest BCUT2D eigenvalue weighted by molar-refractivity contribution is 7.17. The third-order valence-corrected chi connectivity index (χ3v) is 5.93. The van der Waals surface area contributed by atoms with E-state index in [2.05, 4.69) is 32.5 Å². The number of anilines is 3. The molecule has 8 heteroatoms. The average Bonchev–Trinajstić information content (AvgIpc) is 3.39. The maximum atomic E-state index is 6.04. The number of hydrogen-bond acceptors (Lipinski definition) is 7. The lowest BCUT2D eigenvalue weighted by Crippen LogP contribution is -2.40. The van der Waals surface area contributed by atoms with E-state index in [1.807, 2.05) is 35.7 Å². The fraction of sp³-hybridized carbons (Fsp3) is 0.250. The first-order valence-corrected chi connectivity index (χ1v) is 10.3. The number of rotatable bonds is 4. The molecule has 0 unspecified atom stereocenters. The van der Waals surface area contributed by atoms with Gasteiger partial charge in [-0.2, -0.15) is 10.1 Å². The Hall–Kier alpha value is -2.97. The first-order valence-electron chi connectivity index (χ1n) is 9.40. The van der Waals surface area contributed by atoms with Crippen molar-refractivity contribution in [3.05, 3.63) is 47.8 Å². The molecular weight excluding hydrogens is 370 g/mol. The molecule has 142 valence electrons. The summed E-state index contributed by atoms with van der Waals surface area (Å²) in [7, 11) is 0. The van der Waals surface area contributed by atoms with Crippen LogP contribution in [0.1, 0.15) is 12.8 Å². The van der Waals surface area contributed by atoms with Gasteiger partial charge in [0.15, 0.2) is 11.6 Å². The van der Waals surface area contributed by atoms with Crippen molar-refractivity contribution >= 4 is 39.1 Å². The summed E-state index contributed by atoms with van der Waals surface area (Å²) in [5.74, 6) is 2.27. The van der Waals surface area contributed by atoms with Gasteiger partial charge in [-0.25, -0.2) is 4.98 Å². The number of nitrogens with zero attached hydrogens (tertiary/aromatic N) is 4. The van der Waals surface area contributed by atoms with Gasteiger partial charge in [-0.1, -0.05) is 30.3 Å². The monoisotopic (exact) mass is 391 g/mol. The minimum absolute atomic E-state index is 0.277. The number of aromatic amines is 1. The standard InChI is InChI=1S/C20H21N7S/c21-14-6-9-27(10-7-14)20-22-15-8-11-28-18(15)19(24-20)23-17-12-16(25-26-17)13-4-2-1-3-5-13/h1-5,8,11-12,14H,6-7,9-10,21H2,(H2,22,23,24,25,26). The maximum Gasteiger partial charge on any atom is 0.227 e. The molecule has 0 radical (unpaired) electrons. The normalized spacial score (nSPS) is 15.2. The molecule has 1 fully saturated rings. The number of thiophene rings is 1. The Morgan fingerprint density at radius 1 is 1.11 bits per heavy atom. The number of hydrogen-bond donors (Lipinski definition) is 3. The van der Waals surface area contributed by atoms with Crippen LogP contribution in [0.2, 0.25) is 0 Å². The van der Waals surface area contributed by atoms with Gasteiger partial charge in [0.05, 0.1) is 15.9 Å². The van der Waals surface area contributed by atoms with E-state index in [1.165, 1.54) is 0 Å². The van der Waals surface area contributed by atoms with Crippen molar-refractivity contribution < 1.29 is 0 Å². The lowest BCUT2D eigenvalue weighted by atomic mass is 10.1. The zero-order valence-electron chi connectivity index (χ0n) is 15.3. The Kier molecular flexibility index (Phi) is 4.42. The average molecular weight is 392 g/mol. The van der Waals surface area contributed by atoms with E-state index in [9.17, 15) is 0 Å². The second-order valence-electron chi connectivity index (χ2n) is 6.99. The van der Waals surface area contributed by atoms with Crippen LogP contribution >= 0.6 is 11.3 Å². The van der Waals surface area contributed by atoms with Gasteiger partial charge in [0, 0.05) is 25.2 Å². The number of piperidine rings is 1. The zero-order chi connectivity index (χ0) is 18.9. The predicted octanol–water partition coefficient (Wildman–Crippen LogP) is 3.75. The molecule has 0 atom stereocenters. The van der Waals surface area contributed by atoms with Gasteiger partial charge in [-0.05, 0) is 29.9 Å². The van der Waals surface area contributed by atoms with Crippen molar-refractivity contribution in [1.29, 1.82) is 0 Å². The molecule has 1 aromatic carbocycles. The first-order chi connectivity index (χ1) is 13.8. The Morgan fingerprint density at radius 2 is 1.93 bits per heavy atom. The molecule has 1 aliphatic rings. The zero-order valence-corrected chi connectivity index (χ0v) is 16.1. The van der Waals surface area contributed by atoms with Crippen molar-refractivity contribution in [2.24, 2.45) is 5.73 Å². The SMILES string of the molecule is NC1CCN(c2nc(Nc3cc(-c4ccccc4)[nH]n3)c3sccc3n2)CC1. The van der Waals surface area contributed by atoms with Gasteiger partial charge in [-0.3, -0.25) is 5.10 Å². The molecule has 0 amide bonds. The molecule has 0 aliphatic carbocycles. The lowest BCUT2D eigenvalue weighted by Gasteiger charge is -2.30. The summed E-state index contributed by atoms with van der Waals surface area (Å²) in [6, 6.07) is 14.4. The number of nitrogens with two attached hydrogens (primary N) is 1. The van der Waals surface area contributed by atoms with Gasteiger partial charge in [0.25, 0.3) is 0 Å². The molecular formula is C20H21N7S. The molecule has 0 spiro atoms. The van der Waals surface area contributed by atoms with Crippen LogP contribution in [0.15, 0.2) is 47.8 Å². The smallest absolute Gasteiger partial charge is 0.227 e. The van der Waals surface area contributed by atoms with Gasteiger partial charge in [0.2, 0.25) is 5.95 Å². The molecule has 3 aromatic heterocycles. The van der Waals surface area contributed by atoms with Crippen LogP contribution in [0, 0.1) is 0 Å². The van der Waals surface area contributed by atoms with Crippen molar-refractivity contribution in [3.8, 4) is 11.3 Å². The molecule has 0 bridgehead atoms. The van der Waals surface area contributed by atoms with E-state index in [-0.39, 0.29) is 6.04 Å². The largest absolute Gasteiger partial charge is 0.341 e. The second kappa shape index (κ2) is 7.21. The van der Waals surface area contributed by atoms with Crippen LogP contribution in [0.25, 0.3) is 21.5 Å². The molecule has 7 nitrogen and oxygen atoms in total. The van der Waals surface area contributed by atoms with E-state index >= 15 is 0 Å². The summed E-state index contributed by atoms with van der Waals surface area (Å²) in [4.78, 5) is 11.8. The van der Waals surface area contributed by atoms with Crippen molar-refractivity contribution in [1.82, 2.24) is 20.2 Å². The van der Waals surface area contributed by atoms with E-state index in [0.29, 0.717) is 0 Å². The summed E-state index contributed by atoms with van der Waals surface area (Å²) >= 11 is 1.63. The fourth-order valence-electron chi connectivity index (χ4n) is 3.45. The number of benzene rings is 1. The molecule has 4 N–H and O–H groups in total. The van der Waals surface area contributed by atoms with E-state index in [1.54, 1.807) is 11.3 Å². The summed E-state index contributed by atoms with van der Waals surface area (Å²) in [5, 5.41) is 12.9. The number of H-pyrrole nitrogens is 1. The van der Waals surface area contributed by atoms with Gasteiger partial charge >= 0.3 is 0 Å².